The molecule has 2 saturated heterocycles. The minimum atomic E-state index is -0.373. The maximum absolute atomic E-state index is 14.4. The quantitative estimate of drug-likeness (QED) is 0.283. The summed E-state index contributed by atoms with van der Waals surface area (Å²) in [6, 6.07) is 16.0. The van der Waals surface area contributed by atoms with E-state index in [0.717, 1.165) is 35.8 Å². The van der Waals surface area contributed by atoms with Crippen LogP contribution in [0.15, 0.2) is 59.9 Å². The van der Waals surface area contributed by atoms with Gasteiger partial charge >= 0.3 is 6.01 Å². The van der Waals surface area contributed by atoms with Crippen LogP contribution in [0.2, 0.25) is 0 Å². The molecular weight excluding hydrogens is 556 g/mol. The van der Waals surface area contributed by atoms with Crippen molar-refractivity contribution in [2.75, 3.05) is 44.7 Å². The maximum Gasteiger partial charge on any atom is 0.319 e. The van der Waals surface area contributed by atoms with Crippen molar-refractivity contribution in [3.63, 3.8) is 0 Å². The topological polar surface area (TPSA) is 120 Å². The van der Waals surface area contributed by atoms with Crippen molar-refractivity contribution in [1.82, 2.24) is 29.3 Å². The Morgan fingerprint density at radius 1 is 1.09 bits per heavy atom. The first-order valence-corrected chi connectivity index (χ1v) is 15.1. The first-order chi connectivity index (χ1) is 21.4. The molecule has 226 valence electrons. The van der Waals surface area contributed by atoms with E-state index in [2.05, 4.69) is 29.6 Å². The molecule has 0 radical (unpaired) electrons. The van der Waals surface area contributed by atoms with E-state index in [1.165, 1.54) is 6.08 Å². The number of amides is 1. The lowest BCUT2D eigenvalue weighted by Gasteiger charge is -2.40. The molecule has 4 heterocycles. The highest BCUT2D eigenvalue weighted by molar-refractivity contribution is 5.92. The molecule has 6 rings (SSSR count). The monoisotopic (exact) mass is 592 g/mol. The molecule has 11 nitrogen and oxygen atoms in total. The average Bonchev–Trinajstić information content (AvgIpc) is 3.47. The molecule has 0 unspecified atom stereocenters. The van der Waals surface area contributed by atoms with E-state index in [0.29, 0.717) is 49.8 Å². The Morgan fingerprint density at radius 2 is 1.91 bits per heavy atom. The summed E-state index contributed by atoms with van der Waals surface area (Å²) in [7, 11) is 2.08. The Morgan fingerprint density at radius 3 is 2.66 bits per heavy atom. The van der Waals surface area contributed by atoms with E-state index in [-0.39, 0.29) is 41.5 Å². The van der Waals surface area contributed by atoms with Crippen LogP contribution < -0.4 is 15.2 Å². The van der Waals surface area contributed by atoms with Crippen LogP contribution in [0, 0.1) is 11.3 Å². The highest BCUT2D eigenvalue weighted by Gasteiger charge is 2.32. The first-order valence-electron chi connectivity index (χ1n) is 15.1. The van der Waals surface area contributed by atoms with Gasteiger partial charge in [-0.25, -0.2) is 4.98 Å². The number of likely N-dealkylation sites (N-methyl/N-ethyl adjacent to an activating group) is 1. The lowest BCUT2D eigenvalue weighted by atomic mass is 10.1. The largest absolute Gasteiger partial charge is 0.462 e. The summed E-state index contributed by atoms with van der Waals surface area (Å²) >= 11 is 0. The summed E-state index contributed by atoms with van der Waals surface area (Å²) in [5, 5.41) is 11.5. The zero-order valence-corrected chi connectivity index (χ0v) is 25.1. The van der Waals surface area contributed by atoms with E-state index in [9.17, 15) is 14.9 Å². The van der Waals surface area contributed by atoms with Crippen molar-refractivity contribution in [2.45, 2.75) is 44.7 Å². The van der Waals surface area contributed by atoms with Gasteiger partial charge in [-0.05, 0) is 44.0 Å². The zero-order chi connectivity index (χ0) is 30.8. The van der Waals surface area contributed by atoms with E-state index in [1.54, 1.807) is 9.47 Å². The summed E-state index contributed by atoms with van der Waals surface area (Å²) in [5.74, 6) is 0.834. The molecule has 0 spiro atoms. The minimum Gasteiger partial charge on any atom is -0.462 e. The first kappa shape index (κ1) is 29.3. The third-order valence-electron chi connectivity index (χ3n) is 8.72. The van der Waals surface area contributed by atoms with Gasteiger partial charge in [0.25, 0.3) is 5.56 Å². The molecule has 2 atom stereocenters. The standard InChI is InChI=1S/C33H36N8O3/c1-4-27-35-29-30(32(43)41(27)26-14-8-11-22-10-6-7-13-25(22)26)36-33(44-21-24-12-9-17-38(24)3)37-31(29)39-18-19-40(28(42)5-2)23(20-39)15-16-34/h5-8,10-11,13-14,23-24H,2,4,9,12,15,17-21H2,1,3H3/t23-,24-/m0/s1. The molecule has 2 aromatic carbocycles. The van der Waals surface area contributed by atoms with Crippen molar-refractivity contribution in [2.24, 2.45) is 0 Å². The number of likely N-dealkylation sites (tertiary alicyclic amines) is 1. The summed E-state index contributed by atoms with van der Waals surface area (Å²) in [4.78, 5) is 47.4. The van der Waals surface area contributed by atoms with Crippen LogP contribution in [0.3, 0.4) is 0 Å². The highest BCUT2D eigenvalue weighted by atomic mass is 16.5. The molecule has 2 aliphatic heterocycles. The third kappa shape index (κ3) is 5.37. The molecule has 0 N–H and O–H groups in total. The SMILES string of the molecule is C=CC(=O)N1CCN(c2nc(OC[C@@H]3CCCN3C)nc3c(=O)n(-c4cccc5ccccc45)c(CC)nc23)C[C@@H]1CC#N. The minimum absolute atomic E-state index is 0.113. The Kier molecular flexibility index (Phi) is 8.26. The van der Waals surface area contributed by atoms with E-state index in [4.69, 9.17) is 14.7 Å². The molecule has 4 aromatic rings. The van der Waals surface area contributed by atoms with E-state index < -0.39 is 0 Å². The summed E-state index contributed by atoms with van der Waals surface area (Å²) in [5.41, 5.74) is 0.980. The number of carbonyl (C=O) groups is 1. The van der Waals surface area contributed by atoms with Crippen LogP contribution in [0.5, 0.6) is 6.01 Å². The molecule has 2 aliphatic rings. The van der Waals surface area contributed by atoms with Crippen LogP contribution in [-0.4, -0.2) is 87.1 Å². The lowest BCUT2D eigenvalue weighted by molar-refractivity contribution is -0.128. The number of nitriles is 1. The van der Waals surface area contributed by atoms with Crippen LogP contribution >= 0.6 is 0 Å². The fraction of sp³-hybridized carbons (Fsp3) is 0.394. The molecule has 0 saturated carbocycles. The number of aryl methyl sites for hydroxylation is 1. The van der Waals surface area contributed by atoms with Gasteiger partial charge in [0.2, 0.25) is 5.91 Å². The number of carbonyl (C=O) groups excluding carboxylic acids is 1. The predicted molar refractivity (Wildman–Crippen MR) is 169 cm³/mol. The van der Waals surface area contributed by atoms with Crippen molar-refractivity contribution in [1.29, 1.82) is 5.26 Å². The summed E-state index contributed by atoms with van der Waals surface area (Å²) in [6.45, 7) is 8.16. The van der Waals surface area contributed by atoms with E-state index >= 15 is 0 Å². The average molecular weight is 593 g/mol. The van der Waals surface area contributed by atoms with Crippen LogP contribution in [0.25, 0.3) is 27.5 Å². The summed E-state index contributed by atoms with van der Waals surface area (Å²) in [6.07, 6.45) is 4.04. The second kappa shape index (κ2) is 12.4. The zero-order valence-electron chi connectivity index (χ0n) is 25.1. The number of ether oxygens (including phenoxy) is 1. The number of benzene rings is 2. The Hall–Kier alpha value is -4.82. The number of hydrogen-bond acceptors (Lipinski definition) is 9. The van der Waals surface area contributed by atoms with Gasteiger partial charge in [-0.1, -0.05) is 49.9 Å². The van der Waals surface area contributed by atoms with Crippen LogP contribution in [0.1, 0.15) is 32.0 Å². The van der Waals surface area contributed by atoms with E-state index in [1.807, 2.05) is 54.3 Å². The molecule has 2 fully saturated rings. The van der Waals surface area contributed by atoms with Crippen molar-refractivity contribution >= 4 is 33.5 Å². The van der Waals surface area contributed by atoms with Gasteiger partial charge in [0.1, 0.15) is 17.9 Å². The number of fused-ring (bicyclic) bond motifs is 2. The second-order valence-electron chi connectivity index (χ2n) is 11.3. The maximum atomic E-state index is 14.4. The van der Waals surface area contributed by atoms with Gasteiger partial charge in [-0.2, -0.15) is 15.2 Å². The fourth-order valence-electron chi connectivity index (χ4n) is 6.35. The normalized spacial score (nSPS) is 18.9. The molecular formula is C33H36N8O3. The van der Waals surface area contributed by atoms with Crippen LogP contribution in [0.4, 0.5) is 5.82 Å². The van der Waals surface area contributed by atoms with Crippen LogP contribution in [-0.2, 0) is 11.2 Å². The fourth-order valence-corrected chi connectivity index (χ4v) is 6.35. The number of anilines is 1. The number of hydrogen-bond donors (Lipinski definition) is 0. The number of piperazine rings is 1. The Balaban J connectivity index is 1.51. The van der Waals surface area contributed by atoms with Crippen molar-refractivity contribution in [3.8, 4) is 17.8 Å². The smallest absolute Gasteiger partial charge is 0.319 e. The predicted octanol–water partition coefficient (Wildman–Crippen LogP) is 3.48. The van der Waals surface area contributed by atoms with Crippen molar-refractivity contribution < 1.29 is 9.53 Å². The van der Waals surface area contributed by atoms with Gasteiger partial charge in [-0.3, -0.25) is 14.2 Å². The molecule has 2 aromatic heterocycles. The Labute approximate surface area is 256 Å². The van der Waals surface area contributed by atoms with Gasteiger partial charge in [-0.15, -0.1) is 0 Å². The second-order valence-corrected chi connectivity index (χ2v) is 11.3. The number of nitrogens with zero attached hydrogens (tertiary/aromatic N) is 8. The Bertz CT molecular complexity index is 1820. The van der Waals surface area contributed by atoms with Gasteiger partial charge in [0.15, 0.2) is 11.3 Å². The molecule has 11 heteroatoms. The number of rotatable bonds is 8. The van der Waals surface area contributed by atoms with Gasteiger partial charge < -0.3 is 19.4 Å². The number of aromatic nitrogens is 4. The lowest BCUT2D eigenvalue weighted by Crippen LogP contribution is -2.55. The molecule has 0 aliphatic carbocycles. The molecule has 1 amide bonds. The van der Waals surface area contributed by atoms with Crippen molar-refractivity contribution in [3.05, 3.63) is 71.3 Å². The molecule has 44 heavy (non-hydrogen) atoms. The molecule has 0 bridgehead atoms. The van der Waals surface area contributed by atoms with Gasteiger partial charge in [0, 0.05) is 37.5 Å². The summed E-state index contributed by atoms with van der Waals surface area (Å²) < 4.78 is 7.83. The van der Waals surface area contributed by atoms with Gasteiger partial charge in [0.05, 0.1) is 24.2 Å². The third-order valence-corrected chi connectivity index (χ3v) is 8.72. The highest BCUT2D eigenvalue weighted by Crippen LogP contribution is 2.29.